The van der Waals surface area contributed by atoms with Gasteiger partial charge in [-0.05, 0) is 31.4 Å². The molecular formula is C13H18N2O4. The number of carbonyl (C=O) groups excluding carboxylic acids is 1. The van der Waals surface area contributed by atoms with Crippen LogP contribution in [0.15, 0.2) is 16.5 Å². The SMILES string of the molecule is NC1CCCC(C(=O)NCc2ccc(C(=O)O)o2)C1. The molecule has 19 heavy (non-hydrogen) atoms. The minimum Gasteiger partial charge on any atom is -0.475 e. The number of aromatic carboxylic acids is 1. The van der Waals surface area contributed by atoms with Crippen LogP contribution in [-0.4, -0.2) is 23.0 Å². The van der Waals surface area contributed by atoms with Crippen molar-refractivity contribution in [1.29, 1.82) is 0 Å². The first-order chi connectivity index (χ1) is 9.06. The Bertz CT molecular complexity index is 469. The number of carbonyl (C=O) groups is 2. The minimum atomic E-state index is -1.11. The molecule has 2 rings (SSSR count). The van der Waals surface area contributed by atoms with Gasteiger partial charge in [0.25, 0.3) is 0 Å². The largest absolute Gasteiger partial charge is 0.475 e. The lowest BCUT2D eigenvalue weighted by atomic mass is 9.85. The van der Waals surface area contributed by atoms with Crippen LogP contribution in [0.3, 0.4) is 0 Å². The molecule has 6 nitrogen and oxygen atoms in total. The Kier molecular flexibility index (Phi) is 4.21. The van der Waals surface area contributed by atoms with Gasteiger partial charge in [-0.25, -0.2) is 4.79 Å². The van der Waals surface area contributed by atoms with E-state index in [-0.39, 0.29) is 30.2 Å². The number of amides is 1. The molecule has 2 unspecified atom stereocenters. The first-order valence-electron chi connectivity index (χ1n) is 6.41. The van der Waals surface area contributed by atoms with E-state index in [0.29, 0.717) is 12.2 Å². The highest BCUT2D eigenvalue weighted by atomic mass is 16.4. The van der Waals surface area contributed by atoms with E-state index >= 15 is 0 Å². The Balaban J connectivity index is 1.84. The van der Waals surface area contributed by atoms with Gasteiger partial charge in [0, 0.05) is 12.0 Å². The molecule has 1 aliphatic rings. The van der Waals surface area contributed by atoms with E-state index in [1.54, 1.807) is 6.07 Å². The quantitative estimate of drug-likeness (QED) is 0.757. The average Bonchev–Trinajstić information content (AvgIpc) is 2.85. The molecule has 0 saturated heterocycles. The third-order valence-corrected chi connectivity index (χ3v) is 3.39. The molecule has 1 aromatic heterocycles. The fourth-order valence-corrected chi connectivity index (χ4v) is 2.37. The second kappa shape index (κ2) is 5.88. The van der Waals surface area contributed by atoms with Gasteiger partial charge in [0.1, 0.15) is 5.76 Å². The fraction of sp³-hybridized carbons (Fsp3) is 0.538. The molecule has 0 aromatic carbocycles. The predicted molar refractivity (Wildman–Crippen MR) is 67.4 cm³/mol. The summed E-state index contributed by atoms with van der Waals surface area (Å²) in [5, 5.41) is 11.5. The van der Waals surface area contributed by atoms with Crippen LogP contribution in [0, 0.1) is 5.92 Å². The van der Waals surface area contributed by atoms with Crippen LogP contribution in [0.25, 0.3) is 0 Å². The molecule has 1 aromatic rings. The highest BCUT2D eigenvalue weighted by Gasteiger charge is 2.25. The maximum absolute atomic E-state index is 11.9. The van der Waals surface area contributed by atoms with Crippen molar-refractivity contribution in [2.24, 2.45) is 11.7 Å². The third kappa shape index (κ3) is 3.57. The highest BCUT2D eigenvalue weighted by molar-refractivity contribution is 5.84. The molecule has 104 valence electrons. The van der Waals surface area contributed by atoms with Crippen molar-refractivity contribution in [3.05, 3.63) is 23.7 Å². The smallest absolute Gasteiger partial charge is 0.371 e. The van der Waals surface area contributed by atoms with E-state index < -0.39 is 5.97 Å². The first kappa shape index (κ1) is 13.6. The number of hydrogen-bond acceptors (Lipinski definition) is 4. The van der Waals surface area contributed by atoms with Gasteiger partial charge < -0.3 is 20.6 Å². The Morgan fingerprint density at radius 1 is 1.42 bits per heavy atom. The molecule has 0 aliphatic heterocycles. The summed E-state index contributed by atoms with van der Waals surface area (Å²) in [5.41, 5.74) is 5.84. The van der Waals surface area contributed by atoms with Gasteiger partial charge in [0.2, 0.25) is 11.7 Å². The van der Waals surface area contributed by atoms with Gasteiger partial charge in [-0.2, -0.15) is 0 Å². The Morgan fingerprint density at radius 2 is 2.21 bits per heavy atom. The standard InChI is InChI=1S/C13H18N2O4/c14-9-3-1-2-8(6-9)12(16)15-7-10-4-5-11(19-10)13(17)18/h4-5,8-9H,1-3,6-7,14H2,(H,15,16)(H,17,18). The van der Waals surface area contributed by atoms with Crippen LogP contribution in [0.5, 0.6) is 0 Å². The molecule has 0 radical (unpaired) electrons. The molecule has 4 N–H and O–H groups in total. The molecule has 1 saturated carbocycles. The molecule has 1 amide bonds. The number of carboxylic acids is 1. The molecule has 1 heterocycles. The predicted octanol–water partition coefficient (Wildman–Crippen LogP) is 1.11. The zero-order chi connectivity index (χ0) is 13.8. The summed E-state index contributed by atoms with van der Waals surface area (Å²) in [6.45, 7) is 0.206. The zero-order valence-corrected chi connectivity index (χ0v) is 10.6. The Hall–Kier alpha value is -1.82. The third-order valence-electron chi connectivity index (χ3n) is 3.39. The van der Waals surface area contributed by atoms with Crippen molar-refractivity contribution in [2.75, 3.05) is 0 Å². The van der Waals surface area contributed by atoms with Gasteiger partial charge in [0.05, 0.1) is 6.54 Å². The second-order valence-corrected chi connectivity index (χ2v) is 4.91. The van der Waals surface area contributed by atoms with Gasteiger partial charge in [-0.15, -0.1) is 0 Å². The van der Waals surface area contributed by atoms with Crippen LogP contribution in [0.2, 0.25) is 0 Å². The summed E-state index contributed by atoms with van der Waals surface area (Å²) in [6.07, 6.45) is 3.52. The topological polar surface area (TPSA) is 106 Å². The van der Waals surface area contributed by atoms with Crippen LogP contribution in [0.1, 0.15) is 42.0 Å². The maximum Gasteiger partial charge on any atom is 0.371 e. The molecular weight excluding hydrogens is 248 g/mol. The molecule has 1 fully saturated rings. The monoisotopic (exact) mass is 266 g/mol. The number of rotatable bonds is 4. The van der Waals surface area contributed by atoms with Gasteiger partial charge in [-0.3, -0.25) is 4.79 Å². The van der Waals surface area contributed by atoms with Crippen LogP contribution in [-0.2, 0) is 11.3 Å². The highest BCUT2D eigenvalue weighted by Crippen LogP contribution is 2.23. The normalized spacial score (nSPS) is 23.0. The number of furan rings is 1. The second-order valence-electron chi connectivity index (χ2n) is 4.91. The summed E-state index contributed by atoms with van der Waals surface area (Å²) in [6, 6.07) is 3.03. The summed E-state index contributed by atoms with van der Waals surface area (Å²) in [4.78, 5) is 22.6. The lowest BCUT2D eigenvalue weighted by Gasteiger charge is -2.25. The van der Waals surface area contributed by atoms with Crippen molar-refractivity contribution < 1.29 is 19.1 Å². The molecule has 6 heteroatoms. The molecule has 2 atom stereocenters. The molecule has 1 aliphatic carbocycles. The van der Waals surface area contributed by atoms with Gasteiger partial charge >= 0.3 is 5.97 Å². The fourth-order valence-electron chi connectivity index (χ4n) is 2.37. The van der Waals surface area contributed by atoms with Crippen molar-refractivity contribution in [3.63, 3.8) is 0 Å². The van der Waals surface area contributed by atoms with E-state index in [2.05, 4.69) is 5.32 Å². The van der Waals surface area contributed by atoms with E-state index in [4.69, 9.17) is 15.3 Å². The number of hydrogen-bond donors (Lipinski definition) is 3. The Morgan fingerprint density at radius 3 is 2.84 bits per heavy atom. The van der Waals surface area contributed by atoms with E-state index in [1.807, 2.05) is 0 Å². The lowest BCUT2D eigenvalue weighted by Crippen LogP contribution is -2.37. The average molecular weight is 266 g/mol. The van der Waals surface area contributed by atoms with E-state index in [1.165, 1.54) is 6.07 Å². The summed E-state index contributed by atoms with van der Waals surface area (Å²) >= 11 is 0. The van der Waals surface area contributed by atoms with E-state index in [0.717, 1.165) is 19.3 Å². The van der Waals surface area contributed by atoms with Gasteiger partial charge in [0.15, 0.2) is 0 Å². The molecule has 0 bridgehead atoms. The lowest BCUT2D eigenvalue weighted by molar-refractivity contribution is -0.126. The number of carboxylic acid groups (broad SMARTS) is 1. The van der Waals surface area contributed by atoms with Crippen molar-refractivity contribution in [3.8, 4) is 0 Å². The summed E-state index contributed by atoms with van der Waals surface area (Å²) < 4.78 is 5.06. The molecule has 0 spiro atoms. The Labute approximate surface area is 111 Å². The van der Waals surface area contributed by atoms with Crippen LogP contribution in [0.4, 0.5) is 0 Å². The number of nitrogens with one attached hydrogen (secondary N) is 1. The maximum atomic E-state index is 11.9. The minimum absolute atomic E-state index is 0.0385. The summed E-state index contributed by atoms with van der Waals surface area (Å²) in [7, 11) is 0. The summed E-state index contributed by atoms with van der Waals surface area (Å²) in [5.74, 6) is -0.883. The zero-order valence-electron chi connectivity index (χ0n) is 10.6. The van der Waals surface area contributed by atoms with Crippen molar-refractivity contribution >= 4 is 11.9 Å². The van der Waals surface area contributed by atoms with Crippen LogP contribution >= 0.6 is 0 Å². The van der Waals surface area contributed by atoms with Crippen LogP contribution < -0.4 is 11.1 Å². The van der Waals surface area contributed by atoms with E-state index in [9.17, 15) is 9.59 Å². The first-order valence-corrected chi connectivity index (χ1v) is 6.41. The van der Waals surface area contributed by atoms with Crippen molar-refractivity contribution in [2.45, 2.75) is 38.3 Å². The number of nitrogens with two attached hydrogens (primary N) is 1. The van der Waals surface area contributed by atoms with Gasteiger partial charge in [-0.1, -0.05) is 6.42 Å². The van der Waals surface area contributed by atoms with Crippen molar-refractivity contribution in [1.82, 2.24) is 5.32 Å².